The van der Waals surface area contributed by atoms with Crippen LogP contribution in [0.25, 0.3) is 16.7 Å². The van der Waals surface area contributed by atoms with Crippen LogP contribution in [0.15, 0.2) is 59.9 Å². The van der Waals surface area contributed by atoms with Gasteiger partial charge in [0.25, 0.3) is 0 Å². The van der Waals surface area contributed by atoms with E-state index in [0.717, 1.165) is 28.5 Å². The van der Waals surface area contributed by atoms with E-state index in [4.69, 9.17) is 0 Å². The number of carbonyl (C=O) groups excluding carboxylic acids is 1. The molecular formula is C23H23N3O4S. The predicted molar refractivity (Wildman–Crippen MR) is 118 cm³/mol. The smallest absolute Gasteiger partial charge is 0.178 e. The first-order valence-corrected chi connectivity index (χ1v) is 11.5. The number of aryl methyl sites for hydroxylation is 1. The van der Waals surface area contributed by atoms with Gasteiger partial charge >= 0.3 is 0 Å². The van der Waals surface area contributed by atoms with Crippen LogP contribution in [0.1, 0.15) is 29.7 Å². The van der Waals surface area contributed by atoms with Crippen LogP contribution in [0.3, 0.4) is 0 Å². The molecule has 1 aliphatic heterocycles. The number of aromatic nitrogens is 2. The van der Waals surface area contributed by atoms with Gasteiger partial charge in [-0.15, -0.1) is 0 Å². The maximum atomic E-state index is 12.4. The fourth-order valence-corrected chi connectivity index (χ4v) is 4.75. The number of phenols is 1. The van der Waals surface area contributed by atoms with Gasteiger partial charge in [-0.05, 0) is 41.0 Å². The van der Waals surface area contributed by atoms with Gasteiger partial charge in [-0.2, -0.15) is 5.10 Å². The van der Waals surface area contributed by atoms with Crippen LogP contribution in [-0.2, 0) is 21.7 Å². The van der Waals surface area contributed by atoms with Gasteiger partial charge in [0.15, 0.2) is 9.84 Å². The average molecular weight is 438 g/mol. The summed E-state index contributed by atoms with van der Waals surface area (Å²) in [5.74, 6) is -0.0672. The van der Waals surface area contributed by atoms with Crippen molar-refractivity contribution in [2.75, 3.05) is 12.8 Å². The molecule has 7 nitrogen and oxygen atoms in total. The largest absolute Gasteiger partial charge is 0.507 e. The van der Waals surface area contributed by atoms with Gasteiger partial charge in [0, 0.05) is 43.2 Å². The number of nitrogens with zero attached hydrogens (tertiary/aromatic N) is 3. The zero-order chi connectivity index (χ0) is 22.3. The van der Waals surface area contributed by atoms with E-state index in [0.29, 0.717) is 11.1 Å². The van der Waals surface area contributed by atoms with Crippen molar-refractivity contribution in [3.8, 4) is 16.9 Å². The number of benzene rings is 2. The first-order chi connectivity index (χ1) is 14.7. The highest BCUT2D eigenvalue weighted by molar-refractivity contribution is 7.91. The van der Waals surface area contributed by atoms with Crippen molar-refractivity contribution in [2.45, 2.75) is 17.9 Å². The molecule has 1 aliphatic rings. The Morgan fingerprint density at radius 1 is 1.10 bits per heavy atom. The number of hydrogen-bond donors (Lipinski definition) is 1. The molecule has 4 rings (SSSR count). The molecular weight excluding hydrogens is 414 g/mol. The average Bonchev–Trinajstić information content (AvgIpc) is 3.19. The molecule has 3 aromatic rings. The van der Waals surface area contributed by atoms with Gasteiger partial charge in [-0.25, -0.2) is 8.42 Å². The van der Waals surface area contributed by atoms with E-state index in [1.165, 1.54) is 18.2 Å². The summed E-state index contributed by atoms with van der Waals surface area (Å²) in [4.78, 5) is 13.7. The molecule has 0 saturated carbocycles. The highest BCUT2D eigenvalue weighted by atomic mass is 32.2. The van der Waals surface area contributed by atoms with Crippen molar-refractivity contribution in [2.24, 2.45) is 7.05 Å². The molecule has 0 radical (unpaired) electrons. The second kappa shape index (κ2) is 7.70. The third-order valence-electron chi connectivity index (χ3n) is 5.60. The summed E-state index contributed by atoms with van der Waals surface area (Å²) in [6.07, 6.45) is 6.28. The summed E-state index contributed by atoms with van der Waals surface area (Å²) < 4.78 is 26.6. The minimum absolute atomic E-state index is 0.0306. The first-order valence-electron chi connectivity index (χ1n) is 9.83. The number of fused-ring (bicyclic) bond motifs is 1. The summed E-state index contributed by atoms with van der Waals surface area (Å²) >= 11 is 0. The molecule has 1 atom stereocenters. The van der Waals surface area contributed by atoms with Crippen molar-refractivity contribution in [1.29, 1.82) is 0 Å². The lowest BCUT2D eigenvalue weighted by Gasteiger charge is -2.32. The quantitative estimate of drug-likeness (QED) is 0.617. The monoisotopic (exact) mass is 437 g/mol. The Morgan fingerprint density at radius 3 is 2.52 bits per heavy atom. The molecule has 2 heterocycles. The van der Waals surface area contributed by atoms with Gasteiger partial charge in [0.1, 0.15) is 18.1 Å². The van der Waals surface area contributed by atoms with Crippen LogP contribution in [0.2, 0.25) is 0 Å². The Labute approximate surface area is 181 Å². The van der Waals surface area contributed by atoms with Crippen molar-refractivity contribution >= 4 is 21.7 Å². The van der Waals surface area contributed by atoms with Gasteiger partial charge in [0.05, 0.1) is 16.8 Å². The Hall–Kier alpha value is -3.39. The van der Waals surface area contributed by atoms with E-state index in [-0.39, 0.29) is 16.4 Å². The van der Waals surface area contributed by atoms with Crippen LogP contribution < -0.4 is 0 Å². The lowest BCUT2D eigenvalue weighted by Crippen LogP contribution is -2.25. The molecule has 1 N–H and O–H groups in total. The van der Waals surface area contributed by atoms with Gasteiger partial charge in [0.2, 0.25) is 0 Å². The Bertz CT molecular complexity index is 1310. The molecule has 0 amide bonds. The summed E-state index contributed by atoms with van der Waals surface area (Å²) in [7, 11) is 0.164. The number of hydrogen-bond acceptors (Lipinski definition) is 6. The van der Waals surface area contributed by atoms with E-state index in [1.54, 1.807) is 35.9 Å². The minimum Gasteiger partial charge on any atom is -0.507 e. The molecule has 0 bridgehead atoms. The third-order valence-corrected chi connectivity index (χ3v) is 7.33. The lowest BCUT2D eigenvalue weighted by molar-refractivity contribution is -0.111. The standard InChI is InChI=1S/C23H23N3O4S/c1-4-31(29,30)17-6-8-23(28)20(10-17)21-13-25(2)22(14-27)18-7-5-15(9-19(18)21)16-11-24-26(3)12-16/h5-14,22,28H,4H2,1-3H3. The summed E-state index contributed by atoms with van der Waals surface area (Å²) in [5, 5.41) is 14.8. The van der Waals surface area contributed by atoms with Crippen molar-refractivity contribution in [1.82, 2.24) is 14.7 Å². The van der Waals surface area contributed by atoms with Crippen molar-refractivity contribution < 1.29 is 18.3 Å². The molecule has 2 aromatic carbocycles. The second-order valence-electron chi connectivity index (χ2n) is 7.58. The fraction of sp³-hybridized carbons (Fsp3) is 0.217. The number of sulfone groups is 1. The van der Waals surface area contributed by atoms with E-state index in [1.807, 2.05) is 31.4 Å². The number of aromatic hydroxyl groups is 1. The Balaban J connectivity index is 1.94. The van der Waals surface area contributed by atoms with Crippen LogP contribution in [-0.4, -0.2) is 47.3 Å². The zero-order valence-corrected chi connectivity index (χ0v) is 18.3. The third kappa shape index (κ3) is 3.63. The Kier molecular flexibility index (Phi) is 5.18. The number of phenolic OH excluding ortho intramolecular Hbond substituents is 1. The molecule has 8 heteroatoms. The number of carbonyl (C=O) groups is 1. The van der Waals surface area contributed by atoms with E-state index in [2.05, 4.69) is 5.10 Å². The second-order valence-corrected chi connectivity index (χ2v) is 9.85. The number of likely N-dealkylation sites (N-methyl/N-ethyl adjacent to an activating group) is 1. The maximum Gasteiger partial charge on any atom is 0.178 e. The Morgan fingerprint density at radius 2 is 1.87 bits per heavy atom. The van der Waals surface area contributed by atoms with Crippen molar-refractivity contribution in [3.05, 3.63) is 71.7 Å². The SMILES string of the molecule is CCS(=O)(=O)c1ccc(O)c(C2=CN(C)C(C=O)c3ccc(-c4cnn(C)c4)cc32)c1. The predicted octanol–water partition coefficient (Wildman–Crippen LogP) is 3.16. The van der Waals surface area contributed by atoms with Crippen LogP contribution in [0.4, 0.5) is 0 Å². The normalized spacial score (nSPS) is 16.0. The zero-order valence-electron chi connectivity index (χ0n) is 17.5. The first kappa shape index (κ1) is 20.9. The molecule has 31 heavy (non-hydrogen) atoms. The summed E-state index contributed by atoms with van der Waals surface area (Å²) in [6, 6.07) is 9.59. The summed E-state index contributed by atoms with van der Waals surface area (Å²) in [5.41, 5.74) is 4.41. The molecule has 0 saturated heterocycles. The van der Waals surface area contributed by atoms with Gasteiger partial charge in [-0.1, -0.05) is 19.1 Å². The molecule has 0 aliphatic carbocycles. The van der Waals surface area contributed by atoms with E-state index in [9.17, 15) is 18.3 Å². The highest BCUT2D eigenvalue weighted by Crippen LogP contribution is 2.41. The fourth-order valence-electron chi connectivity index (χ4n) is 3.85. The highest BCUT2D eigenvalue weighted by Gasteiger charge is 2.28. The van der Waals surface area contributed by atoms with E-state index >= 15 is 0 Å². The van der Waals surface area contributed by atoms with Gasteiger partial charge in [-0.3, -0.25) is 4.68 Å². The van der Waals surface area contributed by atoms with Crippen LogP contribution in [0.5, 0.6) is 5.75 Å². The number of aldehydes is 1. The van der Waals surface area contributed by atoms with E-state index < -0.39 is 15.9 Å². The summed E-state index contributed by atoms with van der Waals surface area (Å²) in [6.45, 7) is 1.58. The number of rotatable bonds is 5. The molecule has 1 unspecified atom stereocenters. The maximum absolute atomic E-state index is 12.4. The molecule has 0 fully saturated rings. The minimum atomic E-state index is -3.45. The van der Waals surface area contributed by atoms with Crippen molar-refractivity contribution in [3.63, 3.8) is 0 Å². The molecule has 0 spiro atoms. The molecule has 1 aromatic heterocycles. The van der Waals surface area contributed by atoms with Gasteiger partial charge < -0.3 is 14.8 Å². The topological polar surface area (TPSA) is 92.5 Å². The molecule has 160 valence electrons. The van der Waals surface area contributed by atoms with Crippen LogP contribution in [0, 0.1) is 0 Å². The van der Waals surface area contributed by atoms with Crippen LogP contribution >= 0.6 is 0 Å². The lowest BCUT2D eigenvalue weighted by atomic mass is 9.86.